The van der Waals surface area contributed by atoms with Crippen molar-refractivity contribution < 1.29 is 18.3 Å². The summed E-state index contributed by atoms with van der Waals surface area (Å²) < 4.78 is 28.4. The summed E-state index contributed by atoms with van der Waals surface area (Å²) in [5.74, 6) is -1.15. The highest BCUT2D eigenvalue weighted by Crippen LogP contribution is 2.27. The molecule has 0 bridgehead atoms. The Bertz CT molecular complexity index is 891. The normalized spacial score (nSPS) is 15.4. The van der Waals surface area contributed by atoms with E-state index in [2.05, 4.69) is 10.0 Å². The zero-order valence-corrected chi connectivity index (χ0v) is 15.8. The second kappa shape index (κ2) is 8.54. The van der Waals surface area contributed by atoms with Crippen molar-refractivity contribution >= 4 is 21.7 Å². The molecule has 0 unspecified atom stereocenters. The van der Waals surface area contributed by atoms with Crippen molar-refractivity contribution in [1.29, 1.82) is 0 Å². The summed E-state index contributed by atoms with van der Waals surface area (Å²) in [5, 5.41) is 12.6. The number of carboxylic acids is 1. The minimum atomic E-state index is -3.87. The zero-order chi connectivity index (χ0) is 19.3. The highest BCUT2D eigenvalue weighted by atomic mass is 32.2. The van der Waals surface area contributed by atoms with Gasteiger partial charge in [0.2, 0.25) is 10.0 Å². The van der Waals surface area contributed by atoms with Crippen molar-refractivity contribution in [3.63, 3.8) is 0 Å². The summed E-state index contributed by atoms with van der Waals surface area (Å²) in [7, 11) is -3.87. The molecule has 6 nitrogen and oxygen atoms in total. The molecular formula is C20H24N2O4S. The van der Waals surface area contributed by atoms with Crippen LogP contribution in [0.3, 0.4) is 0 Å². The van der Waals surface area contributed by atoms with Crippen molar-refractivity contribution in [3.05, 3.63) is 59.7 Å². The van der Waals surface area contributed by atoms with Gasteiger partial charge >= 0.3 is 5.97 Å². The van der Waals surface area contributed by atoms with Gasteiger partial charge in [0.1, 0.15) is 4.90 Å². The first-order valence-corrected chi connectivity index (χ1v) is 10.6. The number of benzene rings is 2. The van der Waals surface area contributed by atoms with E-state index in [1.165, 1.54) is 18.6 Å². The second-order valence-corrected chi connectivity index (χ2v) is 8.54. The molecule has 0 saturated heterocycles. The van der Waals surface area contributed by atoms with E-state index in [1.807, 2.05) is 30.3 Å². The van der Waals surface area contributed by atoms with Crippen LogP contribution in [0.15, 0.2) is 53.4 Å². The van der Waals surface area contributed by atoms with Crippen molar-refractivity contribution in [1.82, 2.24) is 4.72 Å². The van der Waals surface area contributed by atoms with E-state index >= 15 is 0 Å². The molecule has 0 aliphatic heterocycles. The lowest BCUT2D eigenvalue weighted by atomic mass is 9.95. The van der Waals surface area contributed by atoms with E-state index < -0.39 is 16.0 Å². The number of hydrogen-bond donors (Lipinski definition) is 3. The van der Waals surface area contributed by atoms with Crippen molar-refractivity contribution in [2.75, 3.05) is 5.32 Å². The Labute approximate surface area is 159 Å². The smallest absolute Gasteiger partial charge is 0.335 e. The van der Waals surface area contributed by atoms with Crippen LogP contribution < -0.4 is 10.0 Å². The van der Waals surface area contributed by atoms with Crippen LogP contribution in [0.25, 0.3) is 0 Å². The van der Waals surface area contributed by atoms with Crippen LogP contribution in [-0.2, 0) is 16.6 Å². The molecule has 1 fully saturated rings. The van der Waals surface area contributed by atoms with E-state index in [9.17, 15) is 18.3 Å². The number of carbonyl (C=O) groups is 1. The van der Waals surface area contributed by atoms with Crippen LogP contribution in [-0.4, -0.2) is 25.5 Å². The van der Waals surface area contributed by atoms with E-state index in [0.717, 1.165) is 31.2 Å². The van der Waals surface area contributed by atoms with Gasteiger partial charge in [-0.25, -0.2) is 17.9 Å². The lowest BCUT2D eigenvalue weighted by Crippen LogP contribution is -2.27. The van der Waals surface area contributed by atoms with E-state index in [0.29, 0.717) is 5.69 Å². The molecule has 27 heavy (non-hydrogen) atoms. The number of hydrogen-bond acceptors (Lipinski definition) is 4. The average molecular weight is 388 g/mol. The summed E-state index contributed by atoms with van der Waals surface area (Å²) in [4.78, 5) is 11.3. The van der Waals surface area contributed by atoms with E-state index in [-0.39, 0.29) is 23.0 Å². The Hall–Kier alpha value is -2.38. The third-order valence-corrected chi connectivity index (χ3v) is 6.23. The minimum Gasteiger partial charge on any atom is -0.478 e. The molecule has 7 heteroatoms. The number of anilines is 1. The predicted molar refractivity (Wildman–Crippen MR) is 104 cm³/mol. The first-order valence-electron chi connectivity index (χ1n) is 9.13. The van der Waals surface area contributed by atoms with Crippen molar-refractivity contribution in [3.8, 4) is 0 Å². The average Bonchev–Trinajstić information content (AvgIpc) is 2.68. The van der Waals surface area contributed by atoms with Gasteiger partial charge in [-0.2, -0.15) is 0 Å². The lowest BCUT2D eigenvalue weighted by molar-refractivity contribution is 0.0696. The van der Waals surface area contributed by atoms with Gasteiger partial charge < -0.3 is 10.4 Å². The van der Waals surface area contributed by atoms with E-state index in [4.69, 9.17) is 0 Å². The molecule has 3 rings (SSSR count). The number of aromatic carboxylic acids is 1. The fourth-order valence-corrected chi connectivity index (χ4v) is 4.53. The third-order valence-electron chi connectivity index (χ3n) is 4.79. The van der Waals surface area contributed by atoms with Crippen LogP contribution >= 0.6 is 0 Å². The fraction of sp³-hybridized carbons (Fsp3) is 0.350. The van der Waals surface area contributed by atoms with Gasteiger partial charge in [0.15, 0.2) is 0 Å². The van der Waals surface area contributed by atoms with E-state index in [1.54, 1.807) is 6.07 Å². The molecule has 0 aromatic heterocycles. The summed E-state index contributed by atoms with van der Waals surface area (Å²) in [6, 6.07) is 13.6. The molecule has 0 atom stereocenters. The number of rotatable bonds is 7. The Balaban J connectivity index is 1.87. The lowest BCUT2D eigenvalue weighted by Gasteiger charge is -2.25. The topological polar surface area (TPSA) is 95.5 Å². The molecule has 2 aromatic rings. The minimum absolute atomic E-state index is 0.0242. The maximum Gasteiger partial charge on any atom is 0.335 e. The summed E-state index contributed by atoms with van der Waals surface area (Å²) in [5.41, 5.74) is 1.23. The van der Waals surface area contributed by atoms with Crippen LogP contribution in [0.4, 0.5) is 5.69 Å². The van der Waals surface area contributed by atoms with Gasteiger partial charge in [0, 0.05) is 12.6 Å². The van der Waals surface area contributed by atoms with Crippen LogP contribution in [0.1, 0.15) is 48.0 Å². The van der Waals surface area contributed by atoms with Gasteiger partial charge in [0.05, 0.1) is 11.3 Å². The highest BCUT2D eigenvalue weighted by molar-refractivity contribution is 7.89. The molecule has 0 amide bonds. The molecule has 1 aliphatic rings. The first-order chi connectivity index (χ1) is 13.0. The standard InChI is InChI=1S/C20H24N2O4S/c23-20(24)16-11-12-18(22-17-9-5-2-6-10-17)19(13-16)27(25,26)21-14-15-7-3-1-4-8-15/h1,3-4,7-8,11-13,17,21-22H,2,5-6,9-10,14H2,(H,23,24). The predicted octanol–water partition coefficient (Wildman–Crippen LogP) is 3.61. The SMILES string of the molecule is O=C(O)c1ccc(NC2CCCCC2)c(S(=O)(=O)NCc2ccccc2)c1. The Morgan fingerprint density at radius 3 is 2.41 bits per heavy atom. The summed E-state index contributed by atoms with van der Waals surface area (Å²) in [6.07, 6.45) is 5.38. The molecule has 0 heterocycles. The molecule has 3 N–H and O–H groups in total. The second-order valence-electron chi connectivity index (χ2n) is 6.81. The first kappa shape index (κ1) is 19.4. The molecular weight excluding hydrogens is 364 g/mol. The maximum atomic E-state index is 12.9. The highest BCUT2D eigenvalue weighted by Gasteiger charge is 2.23. The third kappa shape index (κ3) is 5.08. The molecule has 2 aromatic carbocycles. The van der Waals surface area contributed by atoms with Gasteiger partial charge in [0.25, 0.3) is 0 Å². The number of carboxylic acid groups (broad SMARTS) is 1. The van der Waals surface area contributed by atoms with Crippen LogP contribution in [0.2, 0.25) is 0 Å². The Morgan fingerprint density at radius 1 is 1.04 bits per heavy atom. The number of nitrogens with one attached hydrogen (secondary N) is 2. The maximum absolute atomic E-state index is 12.9. The van der Waals surface area contributed by atoms with Gasteiger partial charge in [-0.1, -0.05) is 49.6 Å². The molecule has 144 valence electrons. The van der Waals surface area contributed by atoms with Gasteiger partial charge in [-0.3, -0.25) is 0 Å². The fourth-order valence-electron chi connectivity index (χ4n) is 3.32. The molecule has 0 spiro atoms. The largest absolute Gasteiger partial charge is 0.478 e. The van der Waals surface area contributed by atoms with Crippen molar-refractivity contribution in [2.45, 2.75) is 49.6 Å². The van der Waals surface area contributed by atoms with Crippen molar-refractivity contribution in [2.24, 2.45) is 0 Å². The molecule has 1 aliphatic carbocycles. The summed E-state index contributed by atoms with van der Waals surface area (Å²) >= 11 is 0. The Morgan fingerprint density at radius 2 is 1.74 bits per heavy atom. The van der Waals surface area contributed by atoms with Crippen LogP contribution in [0, 0.1) is 0 Å². The summed E-state index contributed by atoms with van der Waals surface area (Å²) in [6.45, 7) is 0.142. The molecule has 0 radical (unpaired) electrons. The Kier molecular flexibility index (Phi) is 6.13. The quantitative estimate of drug-likeness (QED) is 0.673. The zero-order valence-electron chi connectivity index (χ0n) is 15.0. The van der Waals surface area contributed by atoms with Gasteiger partial charge in [-0.05, 0) is 36.6 Å². The monoisotopic (exact) mass is 388 g/mol. The molecule has 1 saturated carbocycles. The number of sulfonamides is 1. The van der Waals surface area contributed by atoms with Crippen LogP contribution in [0.5, 0.6) is 0 Å². The van der Waals surface area contributed by atoms with Gasteiger partial charge in [-0.15, -0.1) is 0 Å².